The van der Waals surface area contributed by atoms with Crippen molar-refractivity contribution in [3.63, 3.8) is 0 Å². The average Bonchev–Trinajstić information content (AvgIpc) is 2.50. The molecule has 0 unspecified atom stereocenters. The Morgan fingerprint density at radius 2 is 1.80 bits per heavy atom. The molecular formula is C15H17N3O2. The summed E-state index contributed by atoms with van der Waals surface area (Å²) in [6, 6.07) is 7.03. The maximum atomic E-state index is 9.78. The Hall–Kier alpha value is -2.14. The first-order chi connectivity index (χ1) is 9.83. The summed E-state index contributed by atoms with van der Waals surface area (Å²) in [5, 5.41) is 13.1. The number of aromatic hydroxyl groups is 1. The van der Waals surface area contributed by atoms with Gasteiger partial charge in [-0.3, -0.25) is 0 Å². The third-order valence-electron chi connectivity index (χ3n) is 3.36. The van der Waals surface area contributed by atoms with Gasteiger partial charge < -0.3 is 15.2 Å². The van der Waals surface area contributed by atoms with E-state index >= 15 is 0 Å². The van der Waals surface area contributed by atoms with Crippen molar-refractivity contribution in [3.05, 3.63) is 36.7 Å². The third-order valence-corrected chi connectivity index (χ3v) is 3.36. The van der Waals surface area contributed by atoms with Crippen LogP contribution in [0.25, 0.3) is 11.4 Å². The fourth-order valence-electron chi connectivity index (χ4n) is 2.28. The largest absolute Gasteiger partial charge is 0.507 e. The summed E-state index contributed by atoms with van der Waals surface area (Å²) in [6.45, 7) is 1.98. The average molecular weight is 271 g/mol. The first-order valence-electron chi connectivity index (χ1n) is 6.81. The molecule has 3 rings (SSSR count). The lowest BCUT2D eigenvalue weighted by Crippen LogP contribution is -2.34. The number of nitrogens with one attached hydrogen (secondary N) is 1. The quantitative estimate of drug-likeness (QED) is 0.893. The summed E-state index contributed by atoms with van der Waals surface area (Å²) in [6.07, 6.45) is 5.56. The number of hydrogen-bond donors (Lipinski definition) is 2. The van der Waals surface area contributed by atoms with Crippen LogP contribution < -0.4 is 10.1 Å². The second-order valence-electron chi connectivity index (χ2n) is 4.83. The fourth-order valence-corrected chi connectivity index (χ4v) is 2.28. The van der Waals surface area contributed by atoms with Crippen LogP contribution in [0.2, 0.25) is 0 Å². The Kier molecular flexibility index (Phi) is 3.78. The Morgan fingerprint density at radius 3 is 2.50 bits per heavy atom. The van der Waals surface area contributed by atoms with Crippen LogP contribution in [0.5, 0.6) is 11.5 Å². The van der Waals surface area contributed by atoms with Gasteiger partial charge in [-0.1, -0.05) is 12.1 Å². The Balaban J connectivity index is 1.73. The highest BCUT2D eigenvalue weighted by molar-refractivity contribution is 5.63. The lowest BCUT2D eigenvalue weighted by Gasteiger charge is -2.23. The van der Waals surface area contributed by atoms with Crippen molar-refractivity contribution in [1.29, 1.82) is 0 Å². The highest BCUT2D eigenvalue weighted by Crippen LogP contribution is 2.26. The van der Waals surface area contributed by atoms with Crippen molar-refractivity contribution < 1.29 is 9.84 Å². The number of para-hydroxylation sites is 1. The number of rotatable bonds is 3. The van der Waals surface area contributed by atoms with E-state index in [0.29, 0.717) is 17.1 Å². The summed E-state index contributed by atoms with van der Waals surface area (Å²) in [4.78, 5) is 8.53. The van der Waals surface area contributed by atoms with E-state index < -0.39 is 0 Å². The van der Waals surface area contributed by atoms with E-state index in [2.05, 4.69) is 15.3 Å². The minimum absolute atomic E-state index is 0.180. The number of nitrogens with zero attached hydrogens (tertiary/aromatic N) is 2. The molecular weight excluding hydrogens is 254 g/mol. The molecule has 2 heterocycles. The molecule has 1 aromatic heterocycles. The van der Waals surface area contributed by atoms with E-state index in [0.717, 1.165) is 25.9 Å². The molecule has 0 saturated carbocycles. The molecule has 5 heteroatoms. The van der Waals surface area contributed by atoms with Gasteiger partial charge in [0.2, 0.25) is 0 Å². The monoisotopic (exact) mass is 271 g/mol. The molecule has 1 fully saturated rings. The van der Waals surface area contributed by atoms with E-state index in [9.17, 15) is 5.11 Å². The topological polar surface area (TPSA) is 67.3 Å². The van der Waals surface area contributed by atoms with Crippen molar-refractivity contribution in [2.45, 2.75) is 18.9 Å². The van der Waals surface area contributed by atoms with Crippen LogP contribution >= 0.6 is 0 Å². The summed E-state index contributed by atoms with van der Waals surface area (Å²) in [5.41, 5.74) is 0.626. The highest BCUT2D eigenvalue weighted by Gasteiger charge is 2.15. The first-order valence-corrected chi connectivity index (χ1v) is 6.81. The van der Waals surface area contributed by atoms with Gasteiger partial charge in [0.25, 0.3) is 0 Å². The van der Waals surface area contributed by atoms with Crippen molar-refractivity contribution in [3.8, 4) is 22.9 Å². The van der Waals surface area contributed by atoms with Gasteiger partial charge in [0.1, 0.15) is 11.9 Å². The summed E-state index contributed by atoms with van der Waals surface area (Å²) < 4.78 is 5.85. The zero-order valence-corrected chi connectivity index (χ0v) is 11.1. The molecule has 1 aliphatic heterocycles. The molecule has 1 aliphatic rings. The molecule has 2 N–H and O–H groups in total. The molecule has 0 bridgehead atoms. The van der Waals surface area contributed by atoms with Gasteiger partial charge in [-0.2, -0.15) is 0 Å². The second-order valence-corrected chi connectivity index (χ2v) is 4.83. The van der Waals surface area contributed by atoms with Gasteiger partial charge in [-0.15, -0.1) is 0 Å². The van der Waals surface area contributed by atoms with Crippen LogP contribution in [0, 0.1) is 0 Å². The summed E-state index contributed by atoms with van der Waals surface area (Å²) in [7, 11) is 0. The zero-order chi connectivity index (χ0) is 13.8. The van der Waals surface area contributed by atoms with Crippen LogP contribution in [0.3, 0.4) is 0 Å². The number of piperidine rings is 1. The predicted octanol–water partition coefficient (Wildman–Crippen LogP) is 1.98. The smallest absolute Gasteiger partial charge is 0.163 e. The van der Waals surface area contributed by atoms with Crippen molar-refractivity contribution in [2.75, 3.05) is 13.1 Å². The maximum Gasteiger partial charge on any atom is 0.163 e. The first kappa shape index (κ1) is 12.9. The second kappa shape index (κ2) is 5.88. The number of ether oxygens (including phenoxy) is 1. The van der Waals surface area contributed by atoms with Gasteiger partial charge in [-0.05, 0) is 38.1 Å². The number of hydrogen-bond acceptors (Lipinski definition) is 5. The van der Waals surface area contributed by atoms with E-state index in [1.807, 2.05) is 6.07 Å². The molecule has 5 nitrogen and oxygen atoms in total. The highest BCUT2D eigenvalue weighted by atomic mass is 16.5. The predicted molar refractivity (Wildman–Crippen MR) is 75.7 cm³/mol. The Morgan fingerprint density at radius 1 is 1.10 bits per heavy atom. The standard InChI is InChI=1S/C15H17N3O2/c19-14-4-2-1-3-13(14)15-17-9-12(10-18-15)20-11-5-7-16-8-6-11/h1-4,9-11,16,19H,5-8H2. The SMILES string of the molecule is Oc1ccccc1-c1ncc(OC2CCNCC2)cn1. The maximum absolute atomic E-state index is 9.78. The number of phenols is 1. The molecule has 0 spiro atoms. The van der Waals surface area contributed by atoms with Gasteiger partial charge in [0.15, 0.2) is 11.6 Å². The summed E-state index contributed by atoms with van der Waals surface area (Å²) in [5.74, 6) is 1.36. The van der Waals surface area contributed by atoms with Gasteiger partial charge in [0.05, 0.1) is 18.0 Å². The Bertz CT molecular complexity index is 566. The molecule has 1 saturated heterocycles. The third kappa shape index (κ3) is 2.88. The lowest BCUT2D eigenvalue weighted by atomic mass is 10.1. The number of aromatic nitrogens is 2. The summed E-state index contributed by atoms with van der Waals surface area (Å²) >= 11 is 0. The van der Waals surface area contributed by atoms with Crippen LogP contribution in [-0.2, 0) is 0 Å². The van der Waals surface area contributed by atoms with Gasteiger partial charge in [0, 0.05) is 0 Å². The Labute approximate surface area is 117 Å². The minimum Gasteiger partial charge on any atom is -0.507 e. The molecule has 104 valence electrons. The van der Waals surface area contributed by atoms with E-state index in [4.69, 9.17) is 4.74 Å². The van der Waals surface area contributed by atoms with Crippen LogP contribution in [0.1, 0.15) is 12.8 Å². The molecule has 2 aromatic rings. The van der Waals surface area contributed by atoms with E-state index in [-0.39, 0.29) is 11.9 Å². The molecule has 0 atom stereocenters. The molecule has 0 amide bonds. The van der Waals surface area contributed by atoms with E-state index in [1.165, 1.54) is 0 Å². The van der Waals surface area contributed by atoms with Crippen molar-refractivity contribution in [1.82, 2.24) is 15.3 Å². The van der Waals surface area contributed by atoms with Gasteiger partial charge in [-0.25, -0.2) is 9.97 Å². The number of phenolic OH excluding ortho intramolecular Hbond substituents is 1. The van der Waals surface area contributed by atoms with Crippen LogP contribution in [0.15, 0.2) is 36.7 Å². The van der Waals surface area contributed by atoms with Crippen LogP contribution in [-0.4, -0.2) is 34.3 Å². The van der Waals surface area contributed by atoms with Crippen LogP contribution in [0.4, 0.5) is 0 Å². The van der Waals surface area contributed by atoms with Gasteiger partial charge >= 0.3 is 0 Å². The normalized spacial score (nSPS) is 16.0. The fraction of sp³-hybridized carbons (Fsp3) is 0.333. The molecule has 0 aliphatic carbocycles. The van der Waals surface area contributed by atoms with Crippen molar-refractivity contribution >= 4 is 0 Å². The van der Waals surface area contributed by atoms with E-state index in [1.54, 1.807) is 30.6 Å². The zero-order valence-electron chi connectivity index (χ0n) is 11.1. The minimum atomic E-state index is 0.180. The lowest BCUT2D eigenvalue weighted by molar-refractivity contribution is 0.161. The molecule has 0 radical (unpaired) electrons. The molecule has 1 aromatic carbocycles. The van der Waals surface area contributed by atoms with Crippen molar-refractivity contribution in [2.24, 2.45) is 0 Å². The molecule has 20 heavy (non-hydrogen) atoms. The number of benzene rings is 1.